The molecule has 8 heteroatoms. The third kappa shape index (κ3) is 4.15. The second-order valence-corrected chi connectivity index (χ2v) is 5.43. The first kappa shape index (κ1) is 17.0. The lowest BCUT2D eigenvalue weighted by atomic mass is 10.1. The van der Waals surface area contributed by atoms with Gasteiger partial charge in [-0.25, -0.2) is 5.43 Å². The van der Waals surface area contributed by atoms with Gasteiger partial charge in [0, 0.05) is 5.56 Å². The van der Waals surface area contributed by atoms with Gasteiger partial charge in [-0.3, -0.25) is 4.79 Å². The van der Waals surface area contributed by atoms with Crippen molar-refractivity contribution in [2.24, 2.45) is 5.10 Å². The molecule has 3 rings (SSSR count). The first-order chi connectivity index (χ1) is 12.7. The molecule has 0 bridgehead atoms. The number of aromatic nitrogens is 4. The molecule has 1 amide bonds. The van der Waals surface area contributed by atoms with E-state index in [2.05, 4.69) is 32.0 Å². The van der Waals surface area contributed by atoms with Gasteiger partial charge in [0.25, 0.3) is 5.91 Å². The summed E-state index contributed by atoms with van der Waals surface area (Å²) in [6.45, 7) is 1.67. The largest absolute Gasteiger partial charge is 0.271 e. The summed E-state index contributed by atoms with van der Waals surface area (Å²) in [7, 11) is 0. The van der Waals surface area contributed by atoms with Crippen molar-refractivity contribution in [3.8, 4) is 17.5 Å². The lowest BCUT2D eigenvalue weighted by molar-refractivity contribution is -0.122. The predicted molar refractivity (Wildman–Crippen MR) is 94.8 cm³/mol. The van der Waals surface area contributed by atoms with Crippen LogP contribution in [0.25, 0.3) is 11.4 Å². The number of nitrogens with zero attached hydrogens (tertiary/aromatic N) is 6. The van der Waals surface area contributed by atoms with Gasteiger partial charge >= 0.3 is 0 Å². The van der Waals surface area contributed by atoms with Gasteiger partial charge in [0.2, 0.25) is 5.82 Å². The molecule has 1 aromatic heterocycles. The van der Waals surface area contributed by atoms with Crippen molar-refractivity contribution in [3.63, 3.8) is 0 Å². The number of nitriles is 1. The fourth-order valence-electron chi connectivity index (χ4n) is 2.17. The first-order valence-electron chi connectivity index (χ1n) is 7.82. The normalized spacial score (nSPS) is 11.0. The fraction of sp³-hybridized carbons (Fsp3) is 0.111. The summed E-state index contributed by atoms with van der Waals surface area (Å²) in [5, 5.41) is 24.8. The van der Waals surface area contributed by atoms with Crippen molar-refractivity contribution in [2.45, 2.75) is 13.5 Å². The maximum atomic E-state index is 12.0. The van der Waals surface area contributed by atoms with E-state index in [0.29, 0.717) is 17.1 Å². The van der Waals surface area contributed by atoms with Crippen LogP contribution in [0, 0.1) is 11.3 Å². The number of nitrogens with one attached hydrogen (secondary N) is 1. The molecule has 0 saturated heterocycles. The second-order valence-electron chi connectivity index (χ2n) is 5.43. The van der Waals surface area contributed by atoms with E-state index in [1.165, 1.54) is 4.80 Å². The molecule has 128 valence electrons. The molecule has 3 aromatic rings. The van der Waals surface area contributed by atoms with E-state index in [-0.39, 0.29) is 12.5 Å². The van der Waals surface area contributed by atoms with Crippen molar-refractivity contribution >= 4 is 11.6 Å². The van der Waals surface area contributed by atoms with Crippen molar-refractivity contribution < 1.29 is 4.79 Å². The summed E-state index contributed by atoms with van der Waals surface area (Å²) in [6.07, 6.45) is 0. The van der Waals surface area contributed by atoms with Gasteiger partial charge in [0.1, 0.15) is 6.54 Å². The van der Waals surface area contributed by atoms with Gasteiger partial charge in [0.05, 0.1) is 17.3 Å². The van der Waals surface area contributed by atoms with E-state index in [9.17, 15) is 4.79 Å². The summed E-state index contributed by atoms with van der Waals surface area (Å²) in [5.41, 5.74) is 5.30. The molecule has 0 unspecified atom stereocenters. The Kier molecular flexibility index (Phi) is 5.10. The average Bonchev–Trinajstić information content (AvgIpc) is 3.15. The van der Waals surface area contributed by atoms with E-state index in [1.807, 2.05) is 30.3 Å². The van der Waals surface area contributed by atoms with Gasteiger partial charge in [-0.1, -0.05) is 42.5 Å². The van der Waals surface area contributed by atoms with Crippen LogP contribution in [0.5, 0.6) is 0 Å². The Morgan fingerprint density at radius 1 is 1.19 bits per heavy atom. The number of carbonyl (C=O) groups is 1. The zero-order valence-corrected chi connectivity index (χ0v) is 14.0. The van der Waals surface area contributed by atoms with Gasteiger partial charge in [0.15, 0.2) is 0 Å². The third-order valence-electron chi connectivity index (χ3n) is 3.55. The number of tetrazole rings is 1. The molecule has 0 fully saturated rings. The Balaban J connectivity index is 1.60. The number of hydrogen-bond acceptors (Lipinski definition) is 6. The van der Waals surface area contributed by atoms with Crippen LogP contribution in [-0.2, 0) is 11.3 Å². The highest BCUT2D eigenvalue weighted by Gasteiger charge is 2.09. The van der Waals surface area contributed by atoms with Crippen LogP contribution in [0.15, 0.2) is 59.7 Å². The molecule has 26 heavy (non-hydrogen) atoms. The van der Waals surface area contributed by atoms with E-state index >= 15 is 0 Å². The molecule has 0 aliphatic carbocycles. The molecule has 0 atom stereocenters. The standard InChI is InChI=1S/C18H15N7O/c1-13(15-9-7-14(11-19)8-10-15)20-21-17(26)12-25-23-18(22-24-25)16-5-3-2-4-6-16/h2-10H,12H2,1H3,(H,21,26)/b20-13+. The minimum Gasteiger partial charge on any atom is -0.271 e. The van der Waals surface area contributed by atoms with Crippen LogP contribution in [-0.4, -0.2) is 31.8 Å². The molecule has 0 aliphatic rings. The smallest absolute Gasteiger partial charge is 0.263 e. The van der Waals surface area contributed by atoms with E-state index in [1.54, 1.807) is 31.2 Å². The lowest BCUT2D eigenvalue weighted by Crippen LogP contribution is -2.25. The van der Waals surface area contributed by atoms with Crippen LogP contribution in [0.2, 0.25) is 0 Å². The average molecular weight is 345 g/mol. The second kappa shape index (κ2) is 7.81. The Morgan fingerprint density at radius 3 is 2.62 bits per heavy atom. The number of amides is 1. The maximum Gasteiger partial charge on any atom is 0.263 e. The van der Waals surface area contributed by atoms with Crippen LogP contribution < -0.4 is 5.43 Å². The number of hydrazone groups is 1. The monoisotopic (exact) mass is 345 g/mol. The van der Waals surface area contributed by atoms with E-state index < -0.39 is 0 Å². The number of benzene rings is 2. The topological polar surface area (TPSA) is 109 Å². The summed E-state index contributed by atoms with van der Waals surface area (Å²) >= 11 is 0. The molecule has 0 aliphatic heterocycles. The molecule has 1 heterocycles. The Bertz CT molecular complexity index is 969. The molecule has 8 nitrogen and oxygen atoms in total. The fourth-order valence-corrected chi connectivity index (χ4v) is 2.17. The van der Waals surface area contributed by atoms with Crippen molar-refractivity contribution in [2.75, 3.05) is 0 Å². The van der Waals surface area contributed by atoms with E-state index in [0.717, 1.165) is 11.1 Å². The molecular formula is C18H15N7O. The van der Waals surface area contributed by atoms with E-state index in [4.69, 9.17) is 5.26 Å². The highest BCUT2D eigenvalue weighted by atomic mass is 16.2. The molecule has 0 spiro atoms. The predicted octanol–water partition coefficient (Wildman–Crippen LogP) is 1.75. The molecule has 2 aromatic carbocycles. The summed E-state index contributed by atoms with van der Waals surface area (Å²) in [6, 6.07) is 18.4. The number of hydrogen-bond donors (Lipinski definition) is 1. The minimum absolute atomic E-state index is 0.0933. The molecule has 0 radical (unpaired) electrons. The zero-order valence-electron chi connectivity index (χ0n) is 14.0. The Morgan fingerprint density at radius 2 is 1.92 bits per heavy atom. The minimum atomic E-state index is -0.366. The van der Waals surface area contributed by atoms with Gasteiger partial charge < -0.3 is 0 Å². The van der Waals surface area contributed by atoms with Crippen LogP contribution in [0.1, 0.15) is 18.1 Å². The number of carbonyl (C=O) groups excluding carboxylic acids is 1. The summed E-state index contributed by atoms with van der Waals surface area (Å²) in [5.74, 6) is 0.0886. The van der Waals surface area contributed by atoms with Gasteiger partial charge in [-0.2, -0.15) is 15.2 Å². The Labute approximate surface area is 149 Å². The van der Waals surface area contributed by atoms with Crippen LogP contribution in [0.4, 0.5) is 0 Å². The third-order valence-corrected chi connectivity index (χ3v) is 3.55. The lowest BCUT2D eigenvalue weighted by Gasteiger charge is -2.02. The van der Waals surface area contributed by atoms with Crippen molar-refractivity contribution in [1.82, 2.24) is 25.6 Å². The SMILES string of the molecule is C/C(=N\NC(=O)Cn1nnc(-c2ccccc2)n1)c1ccc(C#N)cc1. The van der Waals surface area contributed by atoms with Crippen molar-refractivity contribution in [1.29, 1.82) is 5.26 Å². The molecular weight excluding hydrogens is 330 g/mol. The van der Waals surface area contributed by atoms with Gasteiger partial charge in [-0.05, 0) is 29.8 Å². The van der Waals surface area contributed by atoms with Crippen molar-refractivity contribution in [3.05, 3.63) is 65.7 Å². The molecule has 0 saturated carbocycles. The van der Waals surface area contributed by atoms with Crippen LogP contribution >= 0.6 is 0 Å². The van der Waals surface area contributed by atoms with Gasteiger partial charge in [-0.15, -0.1) is 10.2 Å². The number of rotatable bonds is 5. The zero-order chi connectivity index (χ0) is 18.4. The van der Waals surface area contributed by atoms with Crippen LogP contribution in [0.3, 0.4) is 0 Å². The maximum absolute atomic E-state index is 12.0. The molecule has 1 N–H and O–H groups in total. The Hall–Kier alpha value is -3.86. The highest BCUT2D eigenvalue weighted by molar-refractivity contribution is 5.99. The quantitative estimate of drug-likeness (QED) is 0.560. The summed E-state index contributed by atoms with van der Waals surface area (Å²) < 4.78 is 0. The summed E-state index contributed by atoms with van der Waals surface area (Å²) in [4.78, 5) is 13.2. The highest BCUT2D eigenvalue weighted by Crippen LogP contribution is 2.11. The first-order valence-corrected chi connectivity index (χ1v) is 7.82.